The van der Waals surface area contributed by atoms with Crippen LogP contribution >= 0.6 is 23.2 Å². The van der Waals surface area contributed by atoms with Gasteiger partial charge in [-0.3, -0.25) is 23.1 Å². The summed E-state index contributed by atoms with van der Waals surface area (Å²) in [6.07, 6.45) is 27.6. The van der Waals surface area contributed by atoms with E-state index in [1.165, 1.54) is 18.2 Å². The lowest BCUT2D eigenvalue weighted by Gasteiger charge is -2.31. The van der Waals surface area contributed by atoms with Crippen LogP contribution in [-0.2, 0) is 51.8 Å². The molecule has 1 aliphatic rings. The van der Waals surface area contributed by atoms with Gasteiger partial charge in [-0.2, -0.15) is 30.0 Å². The van der Waals surface area contributed by atoms with E-state index in [2.05, 4.69) is 174 Å². The molecule has 0 radical (unpaired) electrons. The molecule has 14 aromatic heterocycles. The number of pyridine rings is 2. The number of fused-ring (bicyclic) bond motifs is 3. The van der Waals surface area contributed by atoms with Crippen molar-refractivity contribution in [3.63, 3.8) is 0 Å². The fourth-order valence-electron chi connectivity index (χ4n) is 12.6. The Labute approximate surface area is 688 Å². The summed E-state index contributed by atoms with van der Waals surface area (Å²) in [4.78, 5) is 37.5. The van der Waals surface area contributed by atoms with Gasteiger partial charge in [0.15, 0.2) is 17.1 Å². The molecular weight excluding hydrogens is 1560 g/mol. The van der Waals surface area contributed by atoms with Gasteiger partial charge in [-0.15, -0.1) is 25.5 Å². The molecular formula is C81H86Cl2FN31O2Si. The van der Waals surface area contributed by atoms with Crippen LogP contribution in [0.4, 0.5) is 51.5 Å². The number of allylic oxidation sites excluding steroid dienone is 2. The largest absolute Gasteiger partial charge is 0.394 e. The van der Waals surface area contributed by atoms with E-state index in [9.17, 15) is 9.50 Å². The molecule has 0 spiro atoms. The molecule has 33 nitrogen and oxygen atoms in total. The van der Waals surface area contributed by atoms with Crippen molar-refractivity contribution >= 4 is 101 Å². The molecule has 118 heavy (non-hydrogen) atoms. The fraction of sp³-hybridized carbons (Fsp3) is 0.247. The topological polar surface area (TPSA) is 359 Å². The van der Waals surface area contributed by atoms with Gasteiger partial charge in [-0.1, -0.05) is 99.0 Å². The summed E-state index contributed by atoms with van der Waals surface area (Å²) >= 11 is 11.8. The Morgan fingerprint density at radius 2 is 1.09 bits per heavy atom. The number of hydrogen-bond donors (Lipinski definition) is 5. The van der Waals surface area contributed by atoms with Crippen molar-refractivity contribution in [2.75, 3.05) is 41.5 Å². The molecule has 15 heterocycles. The van der Waals surface area contributed by atoms with E-state index in [-0.39, 0.29) is 23.8 Å². The van der Waals surface area contributed by atoms with E-state index < -0.39 is 13.9 Å². The van der Waals surface area contributed by atoms with Crippen LogP contribution in [0.5, 0.6) is 0 Å². The summed E-state index contributed by atoms with van der Waals surface area (Å²) in [5, 5.41) is 70.4. The first-order chi connectivity index (χ1) is 57.2. The second-order valence-corrected chi connectivity index (χ2v) is 34.8. The third-order valence-corrected chi connectivity index (χ3v) is 23.7. The van der Waals surface area contributed by atoms with Crippen LogP contribution in [0.2, 0.25) is 29.2 Å². The maximum Gasteiger partial charge on any atom is 0.228 e. The summed E-state index contributed by atoms with van der Waals surface area (Å²) < 4.78 is 32.0. The number of aryl methyl sites for hydroxylation is 4. The molecule has 2 aromatic carbocycles. The maximum absolute atomic E-state index is 13.8. The number of methoxy groups -OCH3 is 1. The molecule has 37 heteroatoms. The van der Waals surface area contributed by atoms with E-state index in [4.69, 9.17) is 27.9 Å². The van der Waals surface area contributed by atoms with Gasteiger partial charge >= 0.3 is 0 Å². The number of aliphatic hydroxyl groups is 1. The smallest absolute Gasteiger partial charge is 0.228 e. The lowest BCUT2D eigenvalue weighted by atomic mass is 10.0. The van der Waals surface area contributed by atoms with Crippen molar-refractivity contribution in [3.05, 3.63) is 258 Å². The minimum Gasteiger partial charge on any atom is -0.394 e. The molecule has 3 atom stereocenters. The zero-order valence-corrected chi connectivity index (χ0v) is 68.9. The van der Waals surface area contributed by atoms with Crippen LogP contribution in [0.1, 0.15) is 73.5 Å². The summed E-state index contributed by atoms with van der Waals surface area (Å²) in [6.45, 7) is 11.9. The third kappa shape index (κ3) is 19.7. The van der Waals surface area contributed by atoms with E-state index in [0.717, 1.165) is 110 Å². The number of nitrogens with zero attached hydrogens (tertiary/aromatic N) is 27. The van der Waals surface area contributed by atoms with E-state index in [1.807, 2.05) is 153 Å². The predicted molar refractivity (Wildman–Crippen MR) is 453 cm³/mol. The monoisotopic (exact) mass is 1640 g/mol. The first-order valence-corrected chi connectivity index (χ1v) is 42.1. The summed E-state index contributed by atoms with van der Waals surface area (Å²) in [6, 6.07) is 39.0. The highest BCUT2D eigenvalue weighted by molar-refractivity contribution is 6.76. The van der Waals surface area contributed by atoms with Gasteiger partial charge in [0.25, 0.3) is 0 Å². The number of hydrogen-bond acceptors (Lipinski definition) is 26. The Morgan fingerprint density at radius 1 is 0.559 bits per heavy atom. The molecule has 602 valence electrons. The van der Waals surface area contributed by atoms with Crippen LogP contribution in [0.25, 0.3) is 56.2 Å². The molecule has 0 fully saturated rings. The molecule has 0 bridgehead atoms. The van der Waals surface area contributed by atoms with Crippen molar-refractivity contribution < 1.29 is 14.2 Å². The van der Waals surface area contributed by atoms with Crippen molar-refractivity contribution in [1.29, 1.82) is 0 Å². The van der Waals surface area contributed by atoms with Gasteiger partial charge in [0.1, 0.15) is 34.9 Å². The van der Waals surface area contributed by atoms with Gasteiger partial charge < -0.3 is 36.0 Å². The molecule has 1 aliphatic heterocycles. The molecule has 0 unspecified atom stereocenters. The van der Waals surface area contributed by atoms with E-state index >= 15 is 0 Å². The normalized spacial score (nSPS) is 12.8. The Balaban J connectivity index is 0.000000130. The van der Waals surface area contributed by atoms with Gasteiger partial charge in [0.2, 0.25) is 23.8 Å². The Hall–Kier alpha value is -13.5. The lowest BCUT2D eigenvalue weighted by molar-refractivity contribution is 0.101. The number of benzene rings is 2. The average molecular weight is 1640 g/mol. The van der Waals surface area contributed by atoms with Gasteiger partial charge in [0.05, 0.1) is 96.8 Å². The molecule has 17 rings (SSSR count). The maximum atomic E-state index is 13.8. The second kappa shape index (κ2) is 37.0. The van der Waals surface area contributed by atoms with Crippen LogP contribution in [0, 0.1) is 11.7 Å². The Kier molecular flexibility index (Phi) is 25.4. The summed E-state index contributed by atoms with van der Waals surface area (Å²) in [5.41, 5.74) is 12.0. The van der Waals surface area contributed by atoms with Crippen LogP contribution in [-0.4, -0.2) is 167 Å². The number of halogens is 3. The van der Waals surface area contributed by atoms with Gasteiger partial charge in [-0.25, -0.2) is 48.8 Å². The number of ether oxygens (including phenoxy) is 1. The number of aromatic nitrogens is 26. The lowest BCUT2D eigenvalue weighted by Crippen LogP contribution is -2.28. The molecule has 0 amide bonds. The van der Waals surface area contributed by atoms with Crippen LogP contribution < -0.4 is 21.3 Å². The first kappa shape index (κ1) is 81.1. The van der Waals surface area contributed by atoms with E-state index in [0.29, 0.717) is 70.4 Å². The first-order valence-electron chi connectivity index (χ1n) is 37.9. The summed E-state index contributed by atoms with van der Waals surface area (Å²) in [5.74, 6) is 7.04. The second-order valence-electron chi connectivity index (χ2n) is 28.5. The fourth-order valence-corrected chi connectivity index (χ4v) is 14.2. The highest BCUT2D eigenvalue weighted by Gasteiger charge is 2.25. The Bertz CT molecular complexity index is 6170. The quantitative estimate of drug-likeness (QED) is 0.0332. The zero-order valence-electron chi connectivity index (χ0n) is 66.4. The van der Waals surface area contributed by atoms with Crippen LogP contribution in [0.15, 0.2) is 208 Å². The third-order valence-electron chi connectivity index (χ3n) is 19.9. The summed E-state index contributed by atoms with van der Waals surface area (Å²) in [7, 11) is 7.79. The van der Waals surface area contributed by atoms with E-state index in [1.54, 1.807) is 92.2 Å². The number of anilines is 8. The number of aliphatic hydroxyl groups excluding tert-OH is 1. The molecule has 0 saturated heterocycles. The number of nitrogens with one attached hydrogen (secondary N) is 4. The highest BCUT2D eigenvalue weighted by Crippen LogP contribution is 2.32. The predicted octanol–water partition coefficient (Wildman–Crippen LogP) is 14.1. The molecule has 0 aliphatic carbocycles. The minimum absolute atomic E-state index is 0.0612. The van der Waals surface area contributed by atoms with Crippen molar-refractivity contribution in [1.82, 2.24) is 133 Å². The van der Waals surface area contributed by atoms with Gasteiger partial charge in [-0.05, 0) is 114 Å². The van der Waals surface area contributed by atoms with Crippen molar-refractivity contribution in [3.8, 4) is 33.8 Å². The van der Waals surface area contributed by atoms with Crippen molar-refractivity contribution in [2.24, 2.45) is 34.1 Å². The highest BCUT2D eigenvalue weighted by atomic mass is 35.5. The molecule has 16 aromatic rings. The van der Waals surface area contributed by atoms with Crippen LogP contribution in [0.3, 0.4) is 0 Å². The SMILES string of the molecule is CC[C@H](C)Cc1nnn2cc(-c3ccnc(Nc4ccnn4C)n3)ccc12.CC[Si](C)(C)Cc1nnc2cc(-c3ccnc(Nc4ccnn4C)n3)ccn12.CO[C@@H](Cc1nnc2cc(-c3ccnc(Nc4ccnn4C)n3)cnn12)c1ccc(Cl)cc1.Cn1nccc1Nc1nccc(C2=CCN([C@H](CO)c3ccc(Cl)c(F)c3)C=C2)n1. The number of rotatable bonds is 25. The molecule has 5 N–H and O–H groups in total. The Morgan fingerprint density at radius 3 is 1.62 bits per heavy atom. The minimum atomic E-state index is -1.28. The average Bonchev–Trinajstić information content (AvgIpc) is 1.59. The standard InChI is InChI=1S/C22H20ClN9O.C21H20ClFN6O.C19H24N8Si.C19H22N8/c1-31-19(8-10-25-31)28-22-24-9-7-17(27-22)15-11-20-29-30-21(32(20)26-13-15)12-18(33-2)14-3-5-16(23)6-4-14;1-28-20(5-9-25-28)27-21-24-8-4-18(26-21)14-6-10-29(11-7-14)19(13-30)15-2-3-16(22)17(23)12-15;1-5-28(3,4)13-18-25-24-17-12-14(8-11-27(17)18)15-6-9-20-19(22-15)23-16-7-10-21-26(16)2;1-4-13(2)11-16-17-6-5-14(12-27(17)25-24-16)15-7-9-20-19(22-15)23-18-8-10-21-26(18)3/h3-11,13,18H,12H2,1-2H3,(H,24,27,28);2-10,12,19,30H,11,13H2,1H3,(H,24,26,27);6-12H,5,13H2,1-4H3,(H,20,22,23);5-10,12-13H,4,11H2,1-3H3,(H,20,22,23)/t18-;19-;;13-/m01.0/s1. The zero-order chi connectivity index (χ0) is 82.4. The van der Waals surface area contributed by atoms with Gasteiger partial charge in [0, 0.05) is 144 Å². The molecule has 0 saturated carbocycles. The van der Waals surface area contributed by atoms with Crippen molar-refractivity contribution in [2.45, 2.75) is 77.4 Å².